The van der Waals surface area contributed by atoms with Gasteiger partial charge in [-0.1, -0.05) is 6.92 Å². The molecule has 0 aliphatic rings. The van der Waals surface area contributed by atoms with Gasteiger partial charge in [-0.05, 0) is 26.3 Å². The summed E-state index contributed by atoms with van der Waals surface area (Å²) in [7, 11) is 0. The molecule has 0 aromatic carbocycles. The van der Waals surface area contributed by atoms with Crippen LogP contribution in [0.2, 0.25) is 0 Å². The van der Waals surface area contributed by atoms with Crippen molar-refractivity contribution in [2.75, 3.05) is 0 Å². The number of pyridine rings is 1. The highest BCUT2D eigenvalue weighted by atomic mass is 16.6. The van der Waals surface area contributed by atoms with Crippen molar-refractivity contribution in [3.8, 4) is 0 Å². The van der Waals surface area contributed by atoms with Crippen molar-refractivity contribution in [3.63, 3.8) is 0 Å². The number of nitro groups is 1. The fourth-order valence-electron chi connectivity index (χ4n) is 1.56. The molecule has 1 aromatic heterocycles. The lowest BCUT2D eigenvalue weighted by atomic mass is 10.2. The highest BCUT2D eigenvalue weighted by Gasteiger charge is 2.17. The molecule has 1 N–H and O–H groups in total. The Kier molecular flexibility index (Phi) is 4.80. The van der Waals surface area contributed by atoms with Crippen LogP contribution in [0.1, 0.15) is 26.0 Å². The molecule has 1 unspecified atom stereocenters. The van der Waals surface area contributed by atoms with Gasteiger partial charge in [-0.3, -0.25) is 24.3 Å². The molecule has 104 valence electrons. The fraction of sp³-hybridized carbons (Fsp3) is 0.500. The van der Waals surface area contributed by atoms with Gasteiger partial charge in [0.15, 0.2) is 0 Å². The topological polar surface area (TPSA) is 94.2 Å². The van der Waals surface area contributed by atoms with Gasteiger partial charge in [0.1, 0.15) is 6.54 Å². The van der Waals surface area contributed by atoms with Crippen LogP contribution in [0.25, 0.3) is 0 Å². The summed E-state index contributed by atoms with van der Waals surface area (Å²) < 4.78 is 1.11. The maximum absolute atomic E-state index is 11.9. The SMILES string of the molecule is CCC(C)NC(=O)Cn1c(C)ccc([N+](=O)[O-])c1=O. The Labute approximate surface area is 110 Å². The first-order valence-electron chi connectivity index (χ1n) is 6.01. The number of nitrogens with zero attached hydrogens (tertiary/aromatic N) is 2. The number of nitrogens with one attached hydrogen (secondary N) is 1. The Hall–Kier alpha value is -2.18. The first kappa shape index (κ1) is 14.9. The molecule has 0 radical (unpaired) electrons. The summed E-state index contributed by atoms with van der Waals surface area (Å²) in [5, 5.41) is 13.4. The summed E-state index contributed by atoms with van der Waals surface area (Å²) in [6, 6.07) is 2.61. The Morgan fingerprint density at radius 3 is 2.68 bits per heavy atom. The predicted molar refractivity (Wildman–Crippen MR) is 70.0 cm³/mol. The van der Waals surface area contributed by atoms with Crippen LogP contribution >= 0.6 is 0 Å². The van der Waals surface area contributed by atoms with E-state index in [2.05, 4.69) is 5.32 Å². The van der Waals surface area contributed by atoms with E-state index in [4.69, 9.17) is 0 Å². The first-order chi connectivity index (χ1) is 8.86. The minimum atomic E-state index is -0.760. The van der Waals surface area contributed by atoms with Gasteiger partial charge in [0, 0.05) is 17.8 Å². The van der Waals surface area contributed by atoms with Gasteiger partial charge in [-0.2, -0.15) is 0 Å². The standard InChI is InChI=1S/C12H17N3O4/c1-4-8(2)13-11(16)7-14-9(3)5-6-10(12(14)17)15(18)19/h5-6,8H,4,7H2,1-3H3,(H,13,16). The van der Waals surface area contributed by atoms with E-state index in [9.17, 15) is 19.7 Å². The lowest BCUT2D eigenvalue weighted by Gasteiger charge is -2.13. The molecule has 19 heavy (non-hydrogen) atoms. The summed E-state index contributed by atoms with van der Waals surface area (Å²) in [5.74, 6) is -0.333. The number of hydrogen-bond donors (Lipinski definition) is 1. The zero-order valence-corrected chi connectivity index (χ0v) is 11.2. The van der Waals surface area contributed by atoms with Gasteiger partial charge in [0.05, 0.1) is 4.92 Å². The van der Waals surface area contributed by atoms with Crippen LogP contribution in [0.5, 0.6) is 0 Å². The van der Waals surface area contributed by atoms with Gasteiger partial charge in [0.2, 0.25) is 5.91 Å². The lowest BCUT2D eigenvalue weighted by molar-refractivity contribution is -0.386. The summed E-state index contributed by atoms with van der Waals surface area (Å²) in [6.07, 6.45) is 0.772. The fourth-order valence-corrected chi connectivity index (χ4v) is 1.56. The van der Waals surface area contributed by atoms with Crippen LogP contribution in [0.3, 0.4) is 0 Å². The summed E-state index contributed by atoms with van der Waals surface area (Å²) >= 11 is 0. The highest BCUT2D eigenvalue weighted by molar-refractivity contribution is 5.76. The third-order valence-electron chi connectivity index (χ3n) is 2.89. The number of aromatic nitrogens is 1. The molecule has 0 spiro atoms. The van der Waals surface area contributed by atoms with Crippen LogP contribution in [0.15, 0.2) is 16.9 Å². The monoisotopic (exact) mass is 267 g/mol. The quantitative estimate of drug-likeness (QED) is 0.635. The minimum Gasteiger partial charge on any atom is -0.352 e. The first-order valence-corrected chi connectivity index (χ1v) is 6.01. The second kappa shape index (κ2) is 6.12. The maximum atomic E-state index is 11.9. The molecular formula is C12H17N3O4. The van der Waals surface area contributed by atoms with Gasteiger partial charge in [0.25, 0.3) is 0 Å². The second-order valence-electron chi connectivity index (χ2n) is 4.39. The van der Waals surface area contributed by atoms with Crippen molar-refractivity contribution in [3.05, 3.63) is 38.3 Å². The average Bonchev–Trinajstić information content (AvgIpc) is 2.33. The van der Waals surface area contributed by atoms with E-state index < -0.39 is 16.2 Å². The zero-order chi connectivity index (χ0) is 14.6. The molecule has 1 amide bonds. The third-order valence-corrected chi connectivity index (χ3v) is 2.89. The molecule has 1 rings (SSSR count). The van der Waals surface area contributed by atoms with Crippen LogP contribution in [-0.4, -0.2) is 21.4 Å². The summed E-state index contributed by atoms with van der Waals surface area (Å²) in [5.41, 5.74) is -0.777. The minimum absolute atomic E-state index is 0.00204. The summed E-state index contributed by atoms with van der Waals surface area (Å²) in [6.45, 7) is 5.19. The highest BCUT2D eigenvalue weighted by Crippen LogP contribution is 2.05. The van der Waals surface area contributed by atoms with E-state index in [0.717, 1.165) is 17.1 Å². The molecule has 0 aliphatic carbocycles. The molecule has 1 heterocycles. The number of carbonyl (C=O) groups excluding carboxylic acids is 1. The van der Waals surface area contributed by atoms with Crippen molar-refractivity contribution in [2.45, 2.75) is 39.8 Å². The molecule has 1 atom stereocenters. The molecular weight excluding hydrogens is 250 g/mol. The number of amides is 1. The van der Waals surface area contributed by atoms with Crippen molar-refractivity contribution >= 4 is 11.6 Å². The molecule has 7 nitrogen and oxygen atoms in total. The van der Waals surface area contributed by atoms with E-state index in [1.807, 2.05) is 13.8 Å². The van der Waals surface area contributed by atoms with Gasteiger partial charge in [-0.25, -0.2) is 0 Å². The van der Waals surface area contributed by atoms with E-state index in [1.54, 1.807) is 6.92 Å². The van der Waals surface area contributed by atoms with Crippen LogP contribution in [0, 0.1) is 17.0 Å². The number of aryl methyl sites for hydroxylation is 1. The third kappa shape index (κ3) is 3.64. The van der Waals surface area contributed by atoms with Crippen molar-refractivity contribution < 1.29 is 9.72 Å². The van der Waals surface area contributed by atoms with Gasteiger partial charge >= 0.3 is 11.2 Å². The van der Waals surface area contributed by atoms with Crippen molar-refractivity contribution in [2.24, 2.45) is 0 Å². The molecule has 0 fully saturated rings. The number of carbonyl (C=O) groups is 1. The van der Waals surface area contributed by atoms with Crippen LogP contribution < -0.4 is 10.9 Å². The molecule has 0 saturated carbocycles. The van der Waals surface area contributed by atoms with Gasteiger partial charge < -0.3 is 5.32 Å². The Morgan fingerprint density at radius 2 is 2.16 bits per heavy atom. The normalized spacial score (nSPS) is 11.9. The van der Waals surface area contributed by atoms with Crippen molar-refractivity contribution in [1.29, 1.82) is 0 Å². The largest absolute Gasteiger partial charge is 0.352 e. The Bertz CT molecular complexity index is 550. The van der Waals surface area contributed by atoms with Crippen LogP contribution in [-0.2, 0) is 11.3 Å². The molecule has 0 saturated heterocycles. The number of rotatable bonds is 5. The maximum Gasteiger partial charge on any atom is 0.334 e. The zero-order valence-electron chi connectivity index (χ0n) is 11.2. The average molecular weight is 267 g/mol. The van der Waals surface area contributed by atoms with E-state index in [0.29, 0.717) is 5.69 Å². The second-order valence-corrected chi connectivity index (χ2v) is 4.39. The lowest BCUT2D eigenvalue weighted by Crippen LogP contribution is -2.38. The molecule has 7 heteroatoms. The molecule has 0 bridgehead atoms. The number of hydrogen-bond acceptors (Lipinski definition) is 4. The van der Waals surface area contributed by atoms with Crippen LogP contribution in [0.4, 0.5) is 5.69 Å². The Morgan fingerprint density at radius 1 is 1.53 bits per heavy atom. The Balaban J connectivity index is 3.01. The van der Waals surface area contributed by atoms with E-state index >= 15 is 0 Å². The predicted octanol–water partition coefficient (Wildman–Crippen LogP) is 0.980. The van der Waals surface area contributed by atoms with Crippen molar-refractivity contribution in [1.82, 2.24) is 9.88 Å². The summed E-state index contributed by atoms with van der Waals surface area (Å²) in [4.78, 5) is 33.5. The van der Waals surface area contributed by atoms with Gasteiger partial charge in [-0.15, -0.1) is 0 Å². The molecule has 0 aliphatic heterocycles. The van der Waals surface area contributed by atoms with E-state index in [1.165, 1.54) is 6.07 Å². The van der Waals surface area contributed by atoms with E-state index in [-0.39, 0.29) is 18.5 Å². The smallest absolute Gasteiger partial charge is 0.334 e. The molecule has 1 aromatic rings.